The van der Waals surface area contributed by atoms with Gasteiger partial charge < -0.3 is 9.47 Å². The van der Waals surface area contributed by atoms with Crippen LogP contribution in [0.4, 0.5) is 5.82 Å². The van der Waals surface area contributed by atoms with Gasteiger partial charge in [-0.1, -0.05) is 66.7 Å². The van der Waals surface area contributed by atoms with E-state index >= 15 is 0 Å². The Kier molecular flexibility index (Phi) is 6.89. The Morgan fingerprint density at radius 1 is 0.710 bits per heavy atom. The number of ether oxygens (including phenoxy) is 2. The fourth-order valence-corrected chi connectivity index (χ4v) is 2.91. The average molecular weight is 409 g/mol. The molecule has 0 bridgehead atoms. The summed E-state index contributed by atoms with van der Waals surface area (Å²) in [6, 6.07) is 31.5. The highest BCUT2D eigenvalue weighted by Gasteiger charge is 2.08. The van der Waals surface area contributed by atoms with Crippen LogP contribution in [0.2, 0.25) is 0 Å². The van der Waals surface area contributed by atoms with Crippen LogP contribution in [0.5, 0.6) is 11.5 Å². The normalized spacial score (nSPS) is 10.7. The summed E-state index contributed by atoms with van der Waals surface area (Å²) in [5, 5.41) is 4.26. The van der Waals surface area contributed by atoms with Crippen LogP contribution in [0.25, 0.3) is 0 Å². The van der Waals surface area contributed by atoms with Crippen LogP contribution in [0.3, 0.4) is 0 Å². The Morgan fingerprint density at radius 3 is 2.00 bits per heavy atom. The van der Waals surface area contributed by atoms with E-state index in [9.17, 15) is 0 Å². The lowest BCUT2D eigenvalue weighted by Crippen LogP contribution is -2.01. The second-order valence-corrected chi connectivity index (χ2v) is 6.84. The van der Waals surface area contributed by atoms with Gasteiger partial charge in [-0.3, -0.25) is 5.43 Å². The summed E-state index contributed by atoms with van der Waals surface area (Å²) in [4.78, 5) is 4.19. The molecule has 5 nitrogen and oxygen atoms in total. The van der Waals surface area contributed by atoms with Gasteiger partial charge in [0.15, 0.2) is 11.5 Å². The van der Waals surface area contributed by atoms with Crippen molar-refractivity contribution in [3.05, 3.63) is 120 Å². The SMILES string of the molecule is C(=NNc1ccccn1)c1ccc(OCc2ccccc2)c(OCc2ccccc2)c1. The van der Waals surface area contributed by atoms with Crippen LogP contribution in [-0.4, -0.2) is 11.2 Å². The molecule has 0 fully saturated rings. The van der Waals surface area contributed by atoms with Crippen molar-refractivity contribution in [2.45, 2.75) is 13.2 Å². The lowest BCUT2D eigenvalue weighted by Gasteiger charge is -2.14. The number of nitrogens with one attached hydrogen (secondary N) is 1. The minimum Gasteiger partial charge on any atom is -0.485 e. The molecule has 0 spiro atoms. The second kappa shape index (κ2) is 10.6. The van der Waals surface area contributed by atoms with Gasteiger partial charge in [0, 0.05) is 6.20 Å². The van der Waals surface area contributed by atoms with Crippen LogP contribution < -0.4 is 14.9 Å². The third kappa shape index (κ3) is 6.18. The molecule has 4 rings (SSSR count). The maximum atomic E-state index is 6.10. The zero-order valence-corrected chi connectivity index (χ0v) is 17.0. The fraction of sp³-hybridized carbons (Fsp3) is 0.0769. The highest BCUT2D eigenvalue weighted by Crippen LogP contribution is 2.29. The van der Waals surface area contributed by atoms with Gasteiger partial charge in [-0.2, -0.15) is 5.10 Å². The summed E-state index contributed by atoms with van der Waals surface area (Å²) in [7, 11) is 0. The summed E-state index contributed by atoms with van der Waals surface area (Å²) in [6.45, 7) is 0.923. The van der Waals surface area contributed by atoms with Crippen molar-refractivity contribution in [3.8, 4) is 11.5 Å². The molecule has 1 heterocycles. The molecule has 3 aromatic carbocycles. The maximum absolute atomic E-state index is 6.10. The molecule has 1 aromatic heterocycles. The Bertz CT molecular complexity index is 1100. The van der Waals surface area contributed by atoms with Crippen LogP contribution in [0.1, 0.15) is 16.7 Å². The standard InChI is InChI=1S/C26H23N3O2/c1-3-9-21(10-4-1)19-30-24-15-14-23(18-28-29-26-13-7-8-16-27-26)17-25(24)31-20-22-11-5-2-6-12-22/h1-18H,19-20H2,(H,27,29). The highest BCUT2D eigenvalue weighted by molar-refractivity contribution is 5.81. The number of benzene rings is 3. The molecule has 1 N–H and O–H groups in total. The molecule has 5 heteroatoms. The van der Waals surface area contributed by atoms with Gasteiger partial charge in [0.1, 0.15) is 19.0 Å². The Hall–Kier alpha value is -4.12. The first-order valence-electron chi connectivity index (χ1n) is 10.0. The Labute approximate surface area is 182 Å². The predicted octanol–water partition coefficient (Wildman–Crippen LogP) is 5.69. The molecule has 0 aliphatic heterocycles. The molecule has 4 aromatic rings. The molecule has 0 amide bonds. The van der Waals surface area contributed by atoms with E-state index in [4.69, 9.17) is 9.47 Å². The highest BCUT2D eigenvalue weighted by atomic mass is 16.5. The van der Waals surface area contributed by atoms with E-state index in [0.717, 1.165) is 16.7 Å². The number of aromatic nitrogens is 1. The van der Waals surface area contributed by atoms with Crippen molar-refractivity contribution in [1.82, 2.24) is 4.98 Å². The van der Waals surface area contributed by atoms with E-state index in [1.807, 2.05) is 97.1 Å². The van der Waals surface area contributed by atoms with Crippen molar-refractivity contribution in [2.75, 3.05) is 5.43 Å². The largest absolute Gasteiger partial charge is 0.485 e. The summed E-state index contributed by atoms with van der Waals surface area (Å²) in [5.74, 6) is 2.04. The molecule has 31 heavy (non-hydrogen) atoms. The van der Waals surface area contributed by atoms with Crippen LogP contribution in [0, 0.1) is 0 Å². The first kappa shape index (κ1) is 20.2. The van der Waals surface area contributed by atoms with E-state index in [-0.39, 0.29) is 0 Å². The zero-order valence-electron chi connectivity index (χ0n) is 17.0. The zero-order chi connectivity index (χ0) is 21.1. The van der Waals surface area contributed by atoms with Crippen LogP contribution in [-0.2, 0) is 13.2 Å². The number of hydrogen-bond donors (Lipinski definition) is 1. The van der Waals surface area contributed by atoms with E-state index in [0.29, 0.717) is 30.5 Å². The van der Waals surface area contributed by atoms with Gasteiger partial charge in [-0.05, 0) is 47.0 Å². The molecule has 154 valence electrons. The predicted molar refractivity (Wildman–Crippen MR) is 123 cm³/mol. The first-order valence-corrected chi connectivity index (χ1v) is 10.0. The van der Waals surface area contributed by atoms with Gasteiger partial charge in [-0.25, -0.2) is 4.98 Å². The van der Waals surface area contributed by atoms with Gasteiger partial charge >= 0.3 is 0 Å². The number of hydrogen-bond acceptors (Lipinski definition) is 5. The summed E-state index contributed by atoms with van der Waals surface area (Å²) < 4.78 is 12.1. The van der Waals surface area contributed by atoms with E-state index < -0.39 is 0 Å². The number of anilines is 1. The molecule has 0 atom stereocenters. The van der Waals surface area contributed by atoms with E-state index in [2.05, 4.69) is 15.5 Å². The number of nitrogens with zero attached hydrogens (tertiary/aromatic N) is 2. The smallest absolute Gasteiger partial charge is 0.162 e. The first-order chi connectivity index (χ1) is 15.4. The molecular weight excluding hydrogens is 386 g/mol. The summed E-state index contributed by atoms with van der Waals surface area (Å²) >= 11 is 0. The summed E-state index contributed by atoms with van der Waals surface area (Å²) in [6.07, 6.45) is 3.44. The lowest BCUT2D eigenvalue weighted by atomic mass is 10.2. The van der Waals surface area contributed by atoms with Crippen LogP contribution >= 0.6 is 0 Å². The minimum atomic E-state index is 0.454. The molecule has 0 saturated carbocycles. The molecule has 0 aliphatic rings. The van der Waals surface area contributed by atoms with Gasteiger partial charge in [-0.15, -0.1) is 0 Å². The van der Waals surface area contributed by atoms with E-state index in [1.165, 1.54) is 0 Å². The molecule has 0 saturated heterocycles. The fourth-order valence-electron chi connectivity index (χ4n) is 2.91. The van der Waals surface area contributed by atoms with Crippen molar-refractivity contribution in [1.29, 1.82) is 0 Å². The Balaban J connectivity index is 1.48. The van der Waals surface area contributed by atoms with Crippen molar-refractivity contribution < 1.29 is 9.47 Å². The average Bonchev–Trinajstić information content (AvgIpc) is 2.84. The van der Waals surface area contributed by atoms with Crippen LogP contribution in [0.15, 0.2) is 108 Å². The minimum absolute atomic E-state index is 0.454. The third-order valence-electron chi connectivity index (χ3n) is 4.50. The number of rotatable bonds is 9. The molecule has 0 aliphatic carbocycles. The topological polar surface area (TPSA) is 55.7 Å². The summed E-state index contributed by atoms with van der Waals surface area (Å²) in [5.41, 5.74) is 5.99. The molecule has 0 radical (unpaired) electrons. The van der Waals surface area contributed by atoms with Gasteiger partial charge in [0.25, 0.3) is 0 Å². The quantitative estimate of drug-likeness (QED) is 0.285. The number of pyridine rings is 1. The second-order valence-electron chi connectivity index (χ2n) is 6.84. The lowest BCUT2D eigenvalue weighted by molar-refractivity contribution is 0.256. The van der Waals surface area contributed by atoms with Crippen molar-refractivity contribution >= 4 is 12.0 Å². The van der Waals surface area contributed by atoms with Gasteiger partial charge in [0.05, 0.1) is 6.21 Å². The number of hydrazone groups is 1. The third-order valence-corrected chi connectivity index (χ3v) is 4.50. The van der Waals surface area contributed by atoms with Crippen molar-refractivity contribution in [3.63, 3.8) is 0 Å². The maximum Gasteiger partial charge on any atom is 0.162 e. The van der Waals surface area contributed by atoms with Crippen molar-refractivity contribution in [2.24, 2.45) is 5.10 Å². The monoisotopic (exact) mass is 409 g/mol. The van der Waals surface area contributed by atoms with E-state index in [1.54, 1.807) is 12.4 Å². The Morgan fingerprint density at radius 2 is 1.35 bits per heavy atom. The van der Waals surface area contributed by atoms with Gasteiger partial charge in [0.2, 0.25) is 0 Å². The molecule has 0 unspecified atom stereocenters. The molecular formula is C26H23N3O2.